The molecule has 0 aliphatic carbocycles. The molecule has 2 rings (SSSR count). The molecule has 0 heterocycles. The molecule has 0 fully saturated rings. The fraction of sp³-hybridized carbons (Fsp3) is 0.0769. The van der Waals surface area contributed by atoms with Crippen LogP contribution in [0.2, 0.25) is 0 Å². The maximum atomic E-state index is 13.0. The van der Waals surface area contributed by atoms with Gasteiger partial charge in [-0.1, -0.05) is 0 Å². The van der Waals surface area contributed by atoms with Crippen molar-refractivity contribution < 1.29 is 21.9 Å². The van der Waals surface area contributed by atoms with E-state index in [1.165, 1.54) is 19.1 Å². The third-order valence-electron chi connectivity index (χ3n) is 2.66. The van der Waals surface area contributed by atoms with Crippen molar-refractivity contribution in [2.45, 2.75) is 11.8 Å². The molecule has 0 saturated carbocycles. The van der Waals surface area contributed by atoms with Crippen molar-refractivity contribution in [2.75, 3.05) is 0 Å². The van der Waals surface area contributed by atoms with Gasteiger partial charge in [0.1, 0.15) is 16.5 Å². The Morgan fingerprint density at radius 2 is 1.76 bits per heavy atom. The molecule has 110 valence electrons. The van der Waals surface area contributed by atoms with Gasteiger partial charge in [0.15, 0.2) is 0 Å². The summed E-state index contributed by atoms with van der Waals surface area (Å²) in [6.45, 7) is 1.44. The Morgan fingerprint density at radius 1 is 1.14 bits per heavy atom. The summed E-state index contributed by atoms with van der Waals surface area (Å²) in [7, 11) is -4.13. The van der Waals surface area contributed by atoms with Gasteiger partial charge in [-0.15, -0.1) is 0 Å². The molecule has 0 saturated heterocycles. The Balaban J connectivity index is 2.30. The third-order valence-corrected chi connectivity index (χ3v) is 4.07. The van der Waals surface area contributed by atoms with Gasteiger partial charge in [0.2, 0.25) is 0 Å². The van der Waals surface area contributed by atoms with Crippen LogP contribution < -0.4 is 4.18 Å². The molecule has 21 heavy (non-hydrogen) atoms. The standard InChI is InChI=1S/C13H10FNO5S/c1-9-8-10(14)2-7-13(9)21(18,19)20-12-5-3-11(4-6-12)15(16)17/h2-8H,1H3. The summed E-state index contributed by atoms with van der Waals surface area (Å²) in [5.74, 6) is -0.619. The largest absolute Gasteiger partial charge is 0.379 e. The lowest BCUT2D eigenvalue weighted by Crippen LogP contribution is -2.11. The average Bonchev–Trinajstić information content (AvgIpc) is 2.38. The first-order chi connectivity index (χ1) is 9.79. The fourth-order valence-electron chi connectivity index (χ4n) is 1.69. The number of hydrogen-bond donors (Lipinski definition) is 0. The van der Waals surface area contributed by atoms with Crippen molar-refractivity contribution in [1.29, 1.82) is 0 Å². The van der Waals surface area contributed by atoms with Crippen molar-refractivity contribution >= 4 is 15.8 Å². The topological polar surface area (TPSA) is 86.5 Å². The van der Waals surface area contributed by atoms with Gasteiger partial charge in [0.05, 0.1) is 4.92 Å². The lowest BCUT2D eigenvalue weighted by molar-refractivity contribution is -0.384. The van der Waals surface area contributed by atoms with Gasteiger partial charge < -0.3 is 4.18 Å². The molecule has 2 aromatic carbocycles. The number of hydrogen-bond acceptors (Lipinski definition) is 5. The maximum absolute atomic E-state index is 13.0. The number of rotatable bonds is 4. The van der Waals surface area contributed by atoms with E-state index in [0.29, 0.717) is 0 Å². The lowest BCUT2D eigenvalue weighted by atomic mass is 10.2. The highest BCUT2D eigenvalue weighted by Gasteiger charge is 2.20. The molecule has 0 atom stereocenters. The number of halogens is 1. The van der Waals surface area contributed by atoms with E-state index in [4.69, 9.17) is 4.18 Å². The van der Waals surface area contributed by atoms with E-state index in [-0.39, 0.29) is 21.9 Å². The van der Waals surface area contributed by atoms with E-state index in [1.54, 1.807) is 0 Å². The second kappa shape index (κ2) is 5.49. The van der Waals surface area contributed by atoms with E-state index in [1.807, 2.05) is 0 Å². The highest BCUT2D eigenvalue weighted by molar-refractivity contribution is 7.87. The summed E-state index contributed by atoms with van der Waals surface area (Å²) in [6, 6.07) is 7.80. The zero-order valence-electron chi connectivity index (χ0n) is 10.8. The van der Waals surface area contributed by atoms with E-state index in [9.17, 15) is 22.9 Å². The molecule has 0 amide bonds. The SMILES string of the molecule is Cc1cc(F)ccc1S(=O)(=O)Oc1ccc([N+](=O)[O-])cc1. The molecule has 0 aromatic heterocycles. The molecule has 0 spiro atoms. The zero-order chi connectivity index (χ0) is 15.6. The average molecular weight is 311 g/mol. The van der Waals surface area contributed by atoms with Crippen molar-refractivity contribution in [1.82, 2.24) is 0 Å². The fourth-order valence-corrected chi connectivity index (χ4v) is 2.83. The van der Waals surface area contributed by atoms with Crippen molar-refractivity contribution in [3.63, 3.8) is 0 Å². The van der Waals surface area contributed by atoms with Gasteiger partial charge in [-0.25, -0.2) is 4.39 Å². The first-order valence-corrected chi connectivity index (χ1v) is 7.15. The highest BCUT2D eigenvalue weighted by Crippen LogP contribution is 2.23. The Bertz CT molecular complexity index is 787. The molecule has 6 nitrogen and oxygen atoms in total. The number of nitro benzene ring substituents is 1. The Morgan fingerprint density at radius 3 is 2.29 bits per heavy atom. The molecule has 0 bridgehead atoms. The first-order valence-electron chi connectivity index (χ1n) is 5.75. The second-order valence-electron chi connectivity index (χ2n) is 4.20. The summed E-state index contributed by atoms with van der Waals surface area (Å²) in [5.41, 5.74) is 0.0228. The first kappa shape index (κ1) is 14.9. The third kappa shape index (κ3) is 3.34. The number of nitrogens with zero attached hydrogens (tertiary/aromatic N) is 1. The summed E-state index contributed by atoms with van der Waals surface area (Å²) >= 11 is 0. The molecule has 0 N–H and O–H groups in total. The van der Waals surface area contributed by atoms with Crippen molar-refractivity contribution in [3.8, 4) is 5.75 Å². The summed E-state index contributed by atoms with van der Waals surface area (Å²) < 4.78 is 42.0. The normalized spacial score (nSPS) is 11.1. The predicted molar refractivity (Wildman–Crippen MR) is 72.0 cm³/mol. The van der Waals surface area contributed by atoms with E-state index in [0.717, 1.165) is 30.3 Å². The van der Waals surface area contributed by atoms with E-state index in [2.05, 4.69) is 0 Å². The Kier molecular flexibility index (Phi) is 3.90. The number of nitro groups is 1. The summed E-state index contributed by atoms with van der Waals surface area (Å²) in [5, 5.41) is 10.5. The van der Waals surface area contributed by atoms with E-state index < -0.39 is 20.9 Å². The minimum absolute atomic E-state index is 0.0654. The van der Waals surface area contributed by atoms with Gasteiger partial charge in [0.25, 0.3) is 5.69 Å². The van der Waals surface area contributed by atoms with Crippen LogP contribution in [0.15, 0.2) is 47.4 Å². The number of benzene rings is 2. The van der Waals surface area contributed by atoms with Crippen molar-refractivity contribution in [2.24, 2.45) is 0 Å². The molecular formula is C13H10FNO5S. The molecule has 0 unspecified atom stereocenters. The smallest absolute Gasteiger partial charge is 0.339 e. The molecule has 0 aliphatic rings. The maximum Gasteiger partial charge on any atom is 0.339 e. The van der Waals surface area contributed by atoms with Crippen LogP contribution in [-0.4, -0.2) is 13.3 Å². The van der Waals surface area contributed by atoms with Gasteiger partial charge >= 0.3 is 10.1 Å². The van der Waals surface area contributed by atoms with Crippen LogP contribution in [0.5, 0.6) is 5.75 Å². The highest BCUT2D eigenvalue weighted by atomic mass is 32.2. The zero-order valence-corrected chi connectivity index (χ0v) is 11.6. The summed E-state index contributed by atoms with van der Waals surface area (Å²) in [6.07, 6.45) is 0. The van der Waals surface area contributed by atoms with Crippen LogP contribution in [0.4, 0.5) is 10.1 Å². The van der Waals surface area contributed by atoms with Crippen LogP contribution in [0, 0.1) is 22.9 Å². The lowest BCUT2D eigenvalue weighted by Gasteiger charge is -2.09. The van der Waals surface area contributed by atoms with E-state index >= 15 is 0 Å². The Hall–Kier alpha value is -2.48. The summed E-state index contributed by atoms with van der Waals surface area (Å²) in [4.78, 5) is 9.73. The quantitative estimate of drug-likeness (QED) is 0.492. The predicted octanol–water partition coefficient (Wildman–Crippen LogP) is 2.81. The second-order valence-corrected chi connectivity index (χ2v) is 5.71. The van der Waals surface area contributed by atoms with Gasteiger partial charge in [-0.05, 0) is 42.8 Å². The van der Waals surface area contributed by atoms with Gasteiger partial charge in [-0.2, -0.15) is 8.42 Å². The Labute approximate surface area is 120 Å². The monoisotopic (exact) mass is 311 g/mol. The van der Waals surface area contributed by atoms with Gasteiger partial charge in [0, 0.05) is 12.1 Å². The van der Waals surface area contributed by atoms with Crippen LogP contribution in [-0.2, 0) is 10.1 Å². The molecular weight excluding hydrogens is 301 g/mol. The number of non-ortho nitro benzene ring substituents is 1. The van der Waals surface area contributed by atoms with Crippen LogP contribution in [0.1, 0.15) is 5.56 Å². The molecule has 2 aromatic rings. The van der Waals surface area contributed by atoms with Gasteiger partial charge in [-0.3, -0.25) is 10.1 Å². The van der Waals surface area contributed by atoms with Crippen LogP contribution in [0.25, 0.3) is 0 Å². The van der Waals surface area contributed by atoms with Crippen LogP contribution in [0.3, 0.4) is 0 Å². The minimum Gasteiger partial charge on any atom is -0.379 e. The molecule has 0 aliphatic heterocycles. The number of aryl methyl sites for hydroxylation is 1. The van der Waals surface area contributed by atoms with Crippen molar-refractivity contribution in [3.05, 3.63) is 64.0 Å². The molecule has 0 radical (unpaired) electrons. The minimum atomic E-state index is -4.13. The molecule has 8 heteroatoms. The van der Waals surface area contributed by atoms with Crippen LogP contribution >= 0.6 is 0 Å².